The number of nitrogens with two attached hydrogens (primary N) is 1. The maximum absolute atomic E-state index is 10.2. The van der Waals surface area contributed by atoms with Crippen LogP contribution in [0.4, 0.5) is 0 Å². The number of nitrogens with zero attached hydrogens (tertiary/aromatic N) is 4. The number of rotatable bonds is 3. The summed E-state index contributed by atoms with van der Waals surface area (Å²) in [5, 5.41) is 10.2. The summed E-state index contributed by atoms with van der Waals surface area (Å²) in [6, 6.07) is 11.8. The van der Waals surface area contributed by atoms with Crippen LogP contribution < -0.4 is 5.73 Å². The summed E-state index contributed by atoms with van der Waals surface area (Å²) in [6.45, 7) is 5.60. The van der Waals surface area contributed by atoms with Gasteiger partial charge in [0.2, 0.25) is 5.66 Å². The molecule has 1 aromatic heterocycles. The topological polar surface area (TPSA) is 96.8 Å². The number of aliphatic imine (C=N–C) groups is 2. The van der Waals surface area contributed by atoms with E-state index >= 15 is 0 Å². The Balaban J connectivity index is 1.95. The highest BCUT2D eigenvalue weighted by Gasteiger charge is 2.39. The molecule has 140 valence electrons. The van der Waals surface area contributed by atoms with Crippen LogP contribution in [0.5, 0.6) is 5.75 Å². The molecule has 0 fully saturated rings. The number of hydrogen-bond acceptors (Lipinski definition) is 6. The number of phenolic OH excluding ortho intramolecular Hbond substituents is 1. The molecule has 2 aromatic carbocycles. The summed E-state index contributed by atoms with van der Waals surface area (Å²) in [7, 11) is 0. The van der Waals surface area contributed by atoms with Gasteiger partial charge in [-0.2, -0.15) is 0 Å². The summed E-state index contributed by atoms with van der Waals surface area (Å²) in [4.78, 5) is 17.8. The van der Waals surface area contributed by atoms with Gasteiger partial charge in [-0.3, -0.25) is 0 Å². The van der Waals surface area contributed by atoms with Crippen LogP contribution in [-0.2, 0) is 5.66 Å². The van der Waals surface area contributed by atoms with Crippen molar-refractivity contribution in [2.45, 2.75) is 26.4 Å². The van der Waals surface area contributed by atoms with Gasteiger partial charge in [-0.05, 0) is 55.7 Å². The van der Waals surface area contributed by atoms with Gasteiger partial charge in [0.1, 0.15) is 17.9 Å². The summed E-state index contributed by atoms with van der Waals surface area (Å²) in [5.41, 5.74) is 11.0. The van der Waals surface area contributed by atoms with Crippen molar-refractivity contribution < 1.29 is 5.11 Å². The van der Waals surface area contributed by atoms with Gasteiger partial charge < -0.3 is 10.8 Å². The molecule has 1 aliphatic rings. The minimum absolute atomic E-state index is 0.282. The minimum Gasteiger partial charge on any atom is -0.507 e. The average Bonchev–Trinajstić information content (AvgIpc) is 3.02. The second-order valence-corrected chi connectivity index (χ2v) is 7.03. The highest BCUT2D eigenvalue weighted by molar-refractivity contribution is 6.41. The Bertz CT molecular complexity index is 1080. The molecule has 0 radical (unpaired) electrons. The van der Waals surface area contributed by atoms with Gasteiger partial charge in [0, 0.05) is 29.1 Å². The molecule has 0 amide bonds. The number of aryl methyl sites for hydroxylation is 2. The SMILES string of the molecule is CC1=NC(c2cccc(-c3cncnc3)c2)(c2cc(C)c(O)c(C)c2)N=C1N. The maximum atomic E-state index is 10.2. The Kier molecular flexibility index (Phi) is 4.19. The molecule has 6 heteroatoms. The maximum Gasteiger partial charge on any atom is 0.204 e. The van der Waals surface area contributed by atoms with Gasteiger partial charge in [0.25, 0.3) is 0 Å². The zero-order valence-electron chi connectivity index (χ0n) is 16.0. The first kappa shape index (κ1) is 17.9. The van der Waals surface area contributed by atoms with Crippen molar-refractivity contribution in [1.82, 2.24) is 9.97 Å². The van der Waals surface area contributed by atoms with Crippen LogP contribution in [0, 0.1) is 13.8 Å². The van der Waals surface area contributed by atoms with Gasteiger partial charge >= 0.3 is 0 Å². The molecule has 1 aliphatic heterocycles. The summed E-state index contributed by atoms with van der Waals surface area (Å²) in [5.74, 6) is 0.696. The van der Waals surface area contributed by atoms with E-state index in [1.54, 1.807) is 12.4 Å². The van der Waals surface area contributed by atoms with Crippen LogP contribution in [0.15, 0.2) is 65.1 Å². The number of aromatic hydroxyl groups is 1. The van der Waals surface area contributed by atoms with Crippen LogP contribution in [-0.4, -0.2) is 26.6 Å². The second kappa shape index (κ2) is 6.56. The molecule has 3 N–H and O–H groups in total. The fourth-order valence-corrected chi connectivity index (χ4v) is 3.53. The van der Waals surface area contributed by atoms with Crippen LogP contribution in [0.1, 0.15) is 29.2 Å². The van der Waals surface area contributed by atoms with Gasteiger partial charge in [0.15, 0.2) is 0 Å². The molecule has 6 nitrogen and oxygen atoms in total. The molecule has 1 atom stereocenters. The predicted octanol–water partition coefficient (Wildman–Crippen LogP) is 3.50. The molecule has 0 saturated carbocycles. The largest absolute Gasteiger partial charge is 0.507 e. The molecular weight excluding hydrogens is 350 g/mol. The zero-order valence-corrected chi connectivity index (χ0v) is 16.0. The first-order valence-corrected chi connectivity index (χ1v) is 8.99. The van der Waals surface area contributed by atoms with E-state index in [1.165, 1.54) is 6.33 Å². The van der Waals surface area contributed by atoms with E-state index in [0.717, 1.165) is 33.4 Å². The van der Waals surface area contributed by atoms with Crippen LogP contribution in [0.25, 0.3) is 11.1 Å². The molecule has 4 rings (SSSR count). The van der Waals surface area contributed by atoms with E-state index in [4.69, 9.17) is 15.7 Å². The smallest absolute Gasteiger partial charge is 0.204 e. The lowest BCUT2D eigenvalue weighted by molar-refractivity contribution is 0.465. The van der Waals surface area contributed by atoms with Crippen molar-refractivity contribution in [1.29, 1.82) is 0 Å². The Hall–Kier alpha value is -3.54. The molecule has 0 spiro atoms. The average molecular weight is 371 g/mol. The minimum atomic E-state index is -0.983. The Morgan fingerprint density at radius 2 is 1.54 bits per heavy atom. The zero-order chi connectivity index (χ0) is 19.9. The van der Waals surface area contributed by atoms with Gasteiger partial charge in [0.05, 0.1) is 5.71 Å². The molecule has 3 aromatic rings. The van der Waals surface area contributed by atoms with Crippen LogP contribution in [0.2, 0.25) is 0 Å². The van der Waals surface area contributed by atoms with Crippen molar-refractivity contribution in [2.75, 3.05) is 0 Å². The summed E-state index contributed by atoms with van der Waals surface area (Å²) in [6.07, 6.45) is 5.05. The van der Waals surface area contributed by atoms with E-state index in [0.29, 0.717) is 11.5 Å². The first-order chi connectivity index (χ1) is 13.4. The molecule has 0 aliphatic carbocycles. The standard InChI is InChI=1S/C22H21N5O/c1-13-7-19(8-14(2)20(13)28)22(26-15(3)21(23)27-22)18-6-4-5-16(9-18)17-10-24-12-25-11-17/h4-12,28H,1-3H3,(H2,23,27). The lowest BCUT2D eigenvalue weighted by atomic mass is 9.88. The summed E-state index contributed by atoms with van der Waals surface area (Å²) >= 11 is 0. The van der Waals surface area contributed by atoms with Crippen molar-refractivity contribution in [2.24, 2.45) is 15.7 Å². The van der Waals surface area contributed by atoms with E-state index in [9.17, 15) is 5.11 Å². The third kappa shape index (κ3) is 2.83. The van der Waals surface area contributed by atoms with Crippen LogP contribution >= 0.6 is 0 Å². The molecule has 1 unspecified atom stereocenters. The first-order valence-electron chi connectivity index (χ1n) is 8.99. The summed E-state index contributed by atoms with van der Waals surface area (Å²) < 4.78 is 0. The fourth-order valence-electron chi connectivity index (χ4n) is 3.53. The number of phenols is 1. The number of aromatic nitrogens is 2. The van der Waals surface area contributed by atoms with Crippen molar-refractivity contribution in [3.05, 3.63) is 77.4 Å². The Morgan fingerprint density at radius 1 is 0.857 bits per heavy atom. The number of benzene rings is 2. The van der Waals surface area contributed by atoms with Crippen molar-refractivity contribution in [3.8, 4) is 16.9 Å². The fraction of sp³-hybridized carbons (Fsp3) is 0.182. The quantitative estimate of drug-likeness (QED) is 0.736. The monoisotopic (exact) mass is 371 g/mol. The molecule has 28 heavy (non-hydrogen) atoms. The lowest BCUT2D eigenvalue weighted by Crippen LogP contribution is -2.22. The van der Waals surface area contributed by atoms with E-state index in [2.05, 4.69) is 9.97 Å². The van der Waals surface area contributed by atoms with Crippen molar-refractivity contribution >= 4 is 11.5 Å². The van der Waals surface area contributed by atoms with Gasteiger partial charge in [-0.25, -0.2) is 20.0 Å². The molecular formula is C22H21N5O. The normalized spacial score (nSPS) is 18.7. The lowest BCUT2D eigenvalue weighted by Gasteiger charge is -2.26. The highest BCUT2D eigenvalue weighted by Crippen LogP contribution is 2.41. The Labute approximate surface area is 163 Å². The second-order valence-electron chi connectivity index (χ2n) is 7.03. The molecule has 2 heterocycles. The molecule has 0 bridgehead atoms. The predicted molar refractivity (Wildman–Crippen MR) is 111 cm³/mol. The van der Waals surface area contributed by atoms with Gasteiger partial charge in [-0.15, -0.1) is 0 Å². The van der Waals surface area contributed by atoms with Gasteiger partial charge in [-0.1, -0.05) is 18.2 Å². The van der Waals surface area contributed by atoms with Crippen molar-refractivity contribution in [3.63, 3.8) is 0 Å². The number of amidine groups is 1. The number of hydrogen-bond donors (Lipinski definition) is 2. The van der Waals surface area contributed by atoms with E-state index in [1.807, 2.05) is 57.2 Å². The third-order valence-corrected chi connectivity index (χ3v) is 5.04. The van der Waals surface area contributed by atoms with E-state index in [-0.39, 0.29) is 5.75 Å². The van der Waals surface area contributed by atoms with E-state index < -0.39 is 5.66 Å². The third-order valence-electron chi connectivity index (χ3n) is 5.04. The van der Waals surface area contributed by atoms with Crippen LogP contribution in [0.3, 0.4) is 0 Å². The Morgan fingerprint density at radius 3 is 2.14 bits per heavy atom. The molecule has 0 saturated heterocycles. The highest BCUT2D eigenvalue weighted by atomic mass is 16.3.